The van der Waals surface area contributed by atoms with Gasteiger partial charge in [-0.15, -0.1) is 0 Å². The Morgan fingerprint density at radius 1 is 0.727 bits per heavy atom. The van der Waals surface area contributed by atoms with Crippen molar-refractivity contribution in [2.75, 3.05) is 73.2 Å². The predicted octanol–water partition coefficient (Wildman–Crippen LogP) is 1.04. The molecule has 0 radical (unpaired) electrons. The van der Waals surface area contributed by atoms with Crippen LogP contribution in [0, 0.1) is 0 Å². The molecule has 0 amide bonds. The topological polar surface area (TPSA) is 72.5 Å². The third-order valence-corrected chi connectivity index (χ3v) is 2.53. The third-order valence-electron chi connectivity index (χ3n) is 2.53. The van der Waals surface area contributed by atoms with Crippen molar-refractivity contribution in [3.8, 4) is 0 Å². The van der Waals surface area contributed by atoms with Crippen molar-refractivity contribution >= 4 is 5.97 Å². The molecule has 0 rings (SSSR count). The summed E-state index contributed by atoms with van der Waals surface area (Å²) in [4.78, 5) is 11.2. The quantitative estimate of drug-likeness (QED) is 0.293. The summed E-state index contributed by atoms with van der Waals surface area (Å²) in [7, 11) is 1.64. The highest BCUT2D eigenvalue weighted by Gasteiger charge is 2.01. The van der Waals surface area contributed by atoms with Crippen LogP contribution in [0.3, 0.4) is 0 Å². The standard InChI is InChI=1S/C15H30O7/c1-3-4-5-22-15(16)14-21-13-12-20-11-10-19-9-8-18-7-6-17-2/h3-14H2,1-2H3. The molecule has 0 aliphatic carbocycles. The Kier molecular flexibility index (Phi) is 17.7. The number of esters is 1. The number of hydrogen-bond donors (Lipinski definition) is 0. The van der Waals surface area contributed by atoms with Gasteiger partial charge in [-0.3, -0.25) is 0 Å². The highest BCUT2D eigenvalue weighted by molar-refractivity contribution is 5.70. The lowest BCUT2D eigenvalue weighted by Crippen LogP contribution is -2.16. The van der Waals surface area contributed by atoms with Crippen molar-refractivity contribution in [3.05, 3.63) is 0 Å². The molecule has 7 heteroatoms. The van der Waals surface area contributed by atoms with Gasteiger partial charge >= 0.3 is 5.97 Å². The van der Waals surface area contributed by atoms with E-state index in [1.807, 2.05) is 6.92 Å². The highest BCUT2D eigenvalue weighted by atomic mass is 16.6. The summed E-state index contributed by atoms with van der Waals surface area (Å²) in [6.45, 7) is 6.52. The first-order valence-electron chi connectivity index (χ1n) is 7.76. The van der Waals surface area contributed by atoms with Crippen molar-refractivity contribution in [1.29, 1.82) is 0 Å². The summed E-state index contributed by atoms with van der Waals surface area (Å²) in [5.74, 6) is -0.328. The smallest absolute Gasteiger partial charge is 0.332 e. The van der Waals surface area contributed by atoms with Crippen LogP contribution < -0.4 is 0 Å². The van der Waals surface area contributed by atoms with Gasteiger partial charge in [-0.1, -0.05) is 13.3 Å². The van der Waals surface area contributed by atoms with Crippen LogP contribution >= 0.6 is 0 Å². The first kappa shape index (κ1) is 21.3. The molecule has 0 N–H and O–H groups in total. The average Bonchev–Trinajstić information content (AvgIpc) is 2.52. The van der Waals surface area contributed by atoms with E-state index in [1.54, 1.807) is 7.11 Å². The van der Waals surface area contributed by atoms with Crippen LogP contribution in [-0.4, -0.2) is 79.1 Å². The molecule has 0 fully saturated rings. The molecule has 0 unspecified atom stereocenters. The van der Waals surface area contributed by atoms with Crippen molar-refractivity contribution < 1.29 is 33.2 Å². The van der Waals surface area contributed by atoms with E-state index >= 15 is 0 Å². The molecule has 0 heterocycles. The lowest BCUT2D eigenvalue weighted by molar-refractivity contribution is -0.149. The van der Waals surface area contributed by atoms with Gasteiger partial charge in [-0.05, 0) is 6.42 Å². The van der Waals surface area contributed by atoms with E-state index in [9.17, 15) is 4.79 Å². The maximum absolute atomic E-state index is 11.2. The summed E-state index contributed by atoms with van der Waals surface area (Å²) in [5.41, 5.74) is 0. The number of carbonyl (C=O) groups is 1. The summed E-state index contributed by atoms with van der Waals surface area (Å²) >= 11 is 0. The molecule has 0 atom stereocenters. The minimum absolute atomic E-state index is 0.0254. The molecule has 0 aromatic carbocycles. The first-order valence-corrected chi connectivity index (χ1v) is 7.76. The van der Waals surface area contributed by atoms with Gasteiger partial charge in [-0.25, -0.2) is 4.79 Å². The van der Waals surface area contributed by atoms with Crippen molar-refractivity contribution in [2.24, 2.45) is 0 Å². The molecule has 0 aromatic heterocycles. The normalized spacial score (nSPS) is 10.8. The molecule has 22 heavy (non-hydrogen) atoms. The Hall–Kier alpha value is -0.730. The van der Waals surface area contributed by atoms with Crippen molar-refractivity contribution in [2.45, 2.75) is 19.8 Å². The lowest BCUT2D eigenvalue weighted by Gasteiger charge is -2.07. The van der Waals surface area contributed by atoms with E-state index in [-0.39, 0.29) is 12.6 Å². The molecular weight excluding hydrogens is 292 g/mol. The van der Waals surface area contributed by atoms with Gasteiger partial charge in [0.2, 0.25) is 0 Å². The molecule has 132 valence electrons. The second-order valence-electron chi connectivity index (χ2n) is 4.46. The SMILES string of the molecule is CCCCOC(=O)COCCOCCOCCOCCOC. The van der Waals surface area contributed by atoms with Crippen molar-refractivity contribution in [3.63, 3.8) is 0 Å². The van der Waals surface area contributed by atoms with E-state index in [0.29, 0.717) is 59.5 Å². The molecular formula is C15H30O7. The summed E-state index contributed by atoms with van der Waals surface area (Å²) in [6, 6.07) is 0. The monoisotopic (exact) mass is 322 g/mol. The van der Waals surface area contributed by atoms with Crippen LogP contribution in [0.25, 0.3) is 0 Å². The molecule has 0 spiro atoms. The zero-order valence-corrected chi connectivity index (χ0v) is 13.8. The number of carbonyl (C=O) groups excluding carboxylic acids is 1. The molecule has 0 aliphatic heterocycles. The van der Waals surface area contributed by atoms with Gasteiger partial charge in [0.15, 0.2) is 0 Å². The van der Waals surface area contributed by atoms with Crippen LogP contribution in [0.5, 0.6) is 0 Å². The van der Waals surface area contributed by atoms with E-state index in [2.05, 4.69) is 0 Å². The third kappa shape index (κ3) is 17.3. The van der Waals surface area contributed by atoms with E-state index < -0.39 is 0 Å². The van der Waals surface area contributed by atoms with Crippen molar-refractivity contribution in [1.82, 2.24) is 0 Å². The molecule has 7 nitrogen and oxygen atoms in total. The van der Waals surface area contributed by atoms with E-state index in [1.165, 1.54) is 0 Å². The second kappa shape index (κ2) is 18.3. The summed E-state index contributed by atoms with van der Waals surface area (Å²) in [5, 5.41) is 0. The Labute approximate surface area is 133 Å². The van der Waals surface area contributed by atoms with Gasteiger partial charge in [0.05, 0.1) is 59.5 Å². The Balaban J connectivity index is 3.06. The Morgan fingerprint density at radius 3 is 1.73 bits per heavy atom. The van der Waals surface area contributed by atoms with Crippen LogP contribution in [0.4, 0.5) is 0 Å². The fraction of sp³-hybridized carbons (Fsp3) is 0.933. The van der Waals surface area contributed by atoms with Crippen LogP contribution in [0.15, 0.2) is 0 Å². The number of methoxy groups -OCH3 is 1. The van der Waals surface area contributed by atoms with Gasteiger partial charge < -0.3 is 28.4 Å². The lowest BCUT2D eigenvalue weighted by atomic mass is 10.4. The van der Waals surface area contributed by atoms with Crippen LogP contribution in [-0.2, 0) is 33.2 Å². The van der Waals surface area contributed by atoms with Gasteiger partial charge in [0, 0.05) is 7.11 Å². The fourth-order valence-corrected chi connectivity index (χ4v) is 1.33. The van der Waals surface area contributed by atoms with Crippen LogP contribution in [0.2, 0.25) is 0 Å². The van der Waals surface area contributed by atoms with E-state index in [0.717, 1.165) is 12.8 Å². The maximum Gasteiger partial charge on any atom is 0.332 e. The minimum Gasteiger partial charge on any atom is -0.464 e. The first-order chi connectivity index (χ1) is 10.8. The molecule has 0 bridgehead atoms. The maximum atomic E-state index is 11.2. The van der Waals surface area contributed by atoms with Gasteiger partial charge in [-0.2, -0.15) is 0 Å². The molecule has 0 aromatic rings. The number of hydrogen-bond acceptors (Lipinski definition) is 7. The molecule has 0 saturated carbocycles. The van der Waals surface area contributed by atoms with Gasteiger partial charge in [0.25, 0.3) is 0 Å². The Morgan fingerprint density at radius 2 is 1.23 bits per heavy atom. The summed E-state index contributed by atoms with van der Waals surface area (Å²) < 4.78 is 30.8. The van der Waals surface area contributed by atoms with Gasteiger partial charge in [0.1, 0.15) is 6.61 Å². The Bertz CT molecular complexity index is 236. The zero-order valence-electron chi connectivity index (χ0n) is 13.8. The van der Waals surface area contributed by atoms with E-state index in [4.69, 9.17) is 28.4 Å². The number of rotatable bonds is 17. The highest BCUT2D eigenvalue weighted by Crippen LogP contribution is 1.90. The zero-order chi connectivity index (χ0) is 16.3. The largest absolute Gasteiger partial charge is 0.464 e. The number of ether oxygens (including phenoxy) is 6. The number of unbranched alkanes of at least 4 members (excludes halogenated alkanes) is 1. The average molecular weight is 322 g/mol. The van der Waals surface area contributed by atoms with Crippen LogP contribution in [0.1, 0.15) is 19.8 Å². The molecule has 0 saturated heterocycles. The fourth-order valence-electron chi connectivity index (χ4n) is 1.33. The summed E-state index contributed by atoms with van der Waals surface area (Å²) in [6.07, 6.45) is 1.88. The minimum atomic E-state index is -0.328. The second-order valence-corrected chi connectivity index (χ2v) is 4.46. The molecule has 0 aliphatic rings. The predicted molar refractivity (Wildman–Crippen MR) is 81.0 cm³/mol.